The summed E-state index contributed by atoms with van der Waals surface area (Å²) in [6.45, 7) is 5.08. The van der Waals surface area contributed by atoms with Crippen molar-refractivity contribution < 1.29 is 4.79 Å². The fourth-order valence-corrected chi connectivity index (χ4v) is 3.94. The standard InChI is InChI=1S/C23H22N6O/c1-17-16-18(9-10-21(17)29-22-20(25-26-29)8-5-11-24-22)23(30)28-14-12-27(13-15-28)19-6-3-2-4-7-19/h2-11,16H,12-15H2,1H3. The lowest BCUT2D eigenvalue weighted by atomic mass is 10.1. The predicted octanol–water partition coefficient (Wildman–Crippen LogP) is 3.09. The SMILES string of the molecule is Cc1cc(C(=O)N2CCN(c3ccccc3)CC2)ccc1-n1nnc2cccnc21. The average Bonchev–Trinajstić information content (AvgIpc) is 3.23. The lowest BCUT2D eigenvalue weighted by Gasteiger charge is -2.36. The Hall–Kier alpha value is -3.74. The van der Waals surface area contributed by atoms with Crippen molar-refractivity contribution in [2.45, 2.75) is 6.92 Å². The number of anilines is 1. The summed E-state index contributed by atoms with van der Waals surface area (Å²) >= 11 is 0. The molecule has 0 atom stereocenters. The van der Waals surface area contributed by atoms with Crippen LogP contribution in [0.1, 0.15) is 15.9 Å². The Kier molecular flexibility index (Phi) is 4.63. The topological polar surface area (TPSA) is 67.2 Å². The summed E-state index contributed by atoms with van der Waals surface area (Å²) in [7, 11) is 0. The molecule has 30 heavy (non-hydrogen) atoms. The molecular formula is C23H22N6O. The number of aromatic nitrogens is 4. The van der Waals surface area contributed by atoms with E-state index >= 15 is 0 Å². The molecule has 1 aliphatic heterocycles. The summed E-state index contributed by atoms with van der Waals surface area (Å²) in [5, 5.41) is 8.40. The van der Waals surface area contributed by atoms with Gasteiger partial charge in [-0.2, -0.15) is 4.68 Å². The minimum Gasteiger partial charge on any atom is -0.368 e. The first-order valence-electron chi connectivity index (χ1n) is 10.1. The van der Waals surface area contributed by atoms with Crippen LogP contribution in [0, 0.1) is 6.92 Å². The number of piperazine rings is 1. The Balaban J connectivity index is 1.33. The van der Waals surface area contributed by atoms with E-state index < -0.39 is 0 Å². The number of carbonyl (C=O) groups excluding carboxylic acids is 1. The molecule has 0 radical (unpaired) electrons. The van der Waals surface area contributed by atoms with Crippen LogP contribution in [-0.4, -0.2) is 57.0 Å². The van der Waals surface area contributed by atoms with Crippen molar-refractivity contribution >= 4 is 22.8 Å². The van der Waals surface area contributed by atoms with Crippen LogP contribution in [0.2, 0.25) is 0 Å². The van der Waals surface area contributed by atoms with Gasteiger partial charge in [-0.05, 0) is 55.0 Å². The third kappa shape index (κ3) is 3.28. The molecule has 1 amide bonds. The zero-order valence-electron chi connectivity index (χ0n) is 16.8. The van der Waals surface area contributed by atoms with Gasteiger partial charge in [-0.1, -0.05) is 23.4 Å². The Morgan fingerprint density at radius 1 is 0.933 bits per heavy atom. The van der Waals surface area contributed by atoms with Crippen LogP contribution in [-0.2, 0) is 0 Å². The Morgan fingerprint density at radius 2 is 1.73 bits per heavy atom. The second kappa shape index (κ2) is 7.59. The van der Waals surface area contributed by atoms with Crippen molar-refractivity contribution in [1.82, 2.24) is 24.9 Å². The van der Waals surface area contributed by atoms with Crippen LogP contribution in [0.4, 0.5) is 5.69 Å². The first-order valence-corrected chi connectivity index (χ1v) is 10.1. The van der Waals surface area contributed by atoms with Crippen LogP contribution < -0.4 is 4.90 Å². The minimum absolute atomic E-state index is 0.0685. The summed E-state index contributed by atoms with van der Waals surface area (Å²) in [6, 6.07) is 19.8. The van der Waals surface area contributed by atoms with Crippen molar-refractivity contribution in [3.8, 4) is 5.69 Å². The van der Waals surface area contributed by atoms with E-state index in [1.54, 1.807) is 10.9 Å². The average molecular weight is 398 g/mol. The third-order valence-corrected chi connectivity index (χ3v) is 5.57. The monoisotopic (exact) mass is 398 g/mol. The summed E-state index contributed by atoms with van der Waals surface area (Å²) in [5.41, 5.74) is 5.19. The highest BCUT2D eigenvalue weighted by atomic mass is 16.2. The van der Waals surface area contributed by atoms with E-state index in [1.165, 1.54) is 5.69 Å². The molecule has 7 heteroatoms. The van der Waals surface area contributed by atoms with E-state index in [0.29, 0.717) is 24.3 Å². The molecule has 1 aliphatic rings. The van der Waals surface area contributed by atoms with Gasteiger partial charge in [0.1, 0.15) is 5.52 Å². The summed E-state index contributed by atoms with van der Waals surface area (Å²) in [5.74, 6) is 0.0685. The number of fused-ring (bicyclic) bond motifs is 1. The number of carbonyl (C=O) groups is 1. The zero-order valence-corrected chi connectivity index (χ0v) is 16.8. The van der Waals surface area contributed by atoms with Crippen molar-refractivity contribution in [2.24, 2.45) is 0 Å². The quantitative estimate of drug-likeness (QED) is 0.531. The number of hydrogen-bond acceptors (Lipinski definition) is 5. The molecule has 4 aromatic rings. The minimum atomic E-state index is 0.0685. The first-order chi connectivity index (χ1) is 14.7. The molecule has 2 aromatic carbocycles. The summed E-state index contributed by atoms with van der Waals surface area (Å²) in [6.07, 6.45) is 1.73. The normalized spacial score (nSPS) is 14.3. The van der Waals surface area contributed by atoms with E-state index in [1.807, 2.05) is 60.4 Å². The van der Waals surface area contributed by atoms with Crippen LogP contribution in [0.3, 0.4) is 0 Å². The Labute approximate surface area is 174 Å². The molecular weight excluding hydrogens is 376 g/mol. The van der Waals surface area contributed by atoms with Gasteiger partial charge in [0.05, 0.1) is 5.69 Å². The molecule has 1 fully saturated rings. The van der Waals surface area contributed by atoms with E-state index in [2.05, 4.69) is 32.3 Å². The van der Waals surface area contributed by atoms with Crippen molar-refractivity contribution in [3.05, 3.63) is 78.0 Å². The van der Waals surface area contributed by atoms with Gasteiger partial charge in [-0.15, -0.1) is 5.10 Å². The van der Waals surface area contributed by atoms with Gasteiger partial charge in [0.15, 0.2) is 5.65 Å². The number of benzene rings is 2. The Bertz CT molecular complexity index is 1190. The van der Waals surface area contributed by atoms with Gasteiger partial charge < -0.3 is 9.80 Å². The molecule has 7 nitrogen and oxygen atoms in total. The maximum Gasteiger partial charge on any atom is 0.253 e. The second-order valence-electron chi connectivity index (χ2n) is 7.46. The number of pyridine rings is 1. The van der Waals surface area contributed by atoms with Gasteiger partial charge in [0.2, 0.25) is 0 Å². The Morgan fingerprint density at radius 3 is 2.50 bits per heavy atom. The molecule has 0 saturated carbocycles. The largest absolute Gasteiger partial charge is 0.368 e. The predicted molar refractivity (Wildman–Crippen MR) is 116 cm³/mol. The molecule has 0 bridgehead atoms. The maximum absolute atomic E-state index is 13.1. The number of rotatable bonds is 3. The number of nitrogens with zero attached hydrogens (tertiary/aromatic N) is 6. The number of aryl methyl sites for hydroxylation is 1. The molecule has 3 heterocycles. The molecule has 2 aromatic heterocycles. The van der Waals surface area contributed by atoms with Gasteiger partial charge in [0.25, 0.3) is 5.91 Å². The van der Waals surface area contributed by atoms with Gasteiger partial charge in [-0.25, -0.2) is 4.98 Å². The first kappa shape index (κ1) is 18.3. The maximum atomic E-state index is 13.1. The van der Waals surface area contributed by atoms with E-state index in [4.69, 9.17) is 0 Å². The fraction of sp³-hybridized carbons (Fsp3) is 0.217. The lowest BCUT2D eigenvalue weighted by molar-refractivity contribution is 0.0746. The summed E-state index contributed by atoms with van der Waals surface area (Å²) in [4.78, 5) is 21.7. The third-order valence-electron chi connectivity index (χ3n) is 5.57. The molecule has 0 aliphatic carbocycles. The highest BCUT2D eigenvalue weighted by molar-refractivity contribution is 5.95. The number of para-hydroxylation sites is 1. The fourth-order valence-electron chi connectivity index (χ4n) is 3.94. The molecule has 0 unspecified atom stereocenters. The highest BCUT2D eigenvalue weighted by Gasteiger charge is 2.23. The van der Waals surface area contributed by atoms with E-state index in [9.17, 15) is 4.79 Å². The number of hydrogen-bond donors (Lipinski definition) is 0. The van der Waals surface area contributed by atoms with Crippen LogP contribution in [0.15, 0.2) is 66.9 Å². The zero-order chi connectivity index (χ0) is 20.5. The van der Waals surface area contributed by atoms with Gasteiger partial charge >= 0.3 is 0 Å². The van der Waals surface area contributed by atoms with Gasteiger partial charge in [0, 0.05) is 43.6 Å². The van der Waals surface area contributed by atoms with E-state index in [0.717, 1.165) is 29.9 Å². The molecule has 0 spiro atoms. The molecule has 150 valence electrons. The smallest absolute Gasteiger partial charge is 0.253 e. The van der Waals surface area contributed by atoms with Crippen molar-refractivity contribution in [2.75, 3.05) is 31.1 Å². The summed E-state index contributed by atoms with van der Waals surface area (Å²) < 4.78 is 1.72. The van der Waals surface area contributed by atoms with Crippen LogP contribution in [0.5, 0.6) is 0 Å². The molecule has 1 saturated heterocycles. The highest BCUT2D eigenvalue weighted by Crippen LogP contribution is 2.21. The van der Waals surface area contributed by atoms with E-state index in [-0.39, 0.29) is 5.91 Å². The molecule has 5 rings (SSSR count). The van der Waals surface area contributed by atoms with Gasteiger partial charge in [-0.3, -0.25) is 4.79 Å². The molecule has 0 N–H and O–H groups in total. The van der Waals surface area contributed by atoms with Crippen LogP contribution in [0.25, 0.3) is 16.9 Å². The second-order valence-corrected chi connectivity index (χ2v) is 7.46. The van der Waals surface area contributed by atoms with Crippen LogP contribution >= 0.6 is 0 Å². The van der Waals surface area contributed by atoms with Crippen molar-refractivity contribution in [3.63, 3.8) is 0 Å². The van der Waals surface area contributed by atoms with Crippen molar-refractivity contribution in [1.29, 1.82) is 0 Å². The lowest BCUT2D eigenvalue weighted by Crippen LogP contribution is -2.48. The number of amides is 1.